The minimum absolute atomic E-state index is 0.899. The number of fused-ring (bicyclic) bond motifs is 1. The van der Waals surface area contributed by atoms with Crippen LogP contribution in [0.5, 0.6) is 0 Å². The minimum atomic E-state index is 0.899. The highest BCUT2D eigenvalue weighted by molar-refractivity contribution is 4.95. The van der Waals surface area contributed by atoms with Gasteiger partial charge >= 0.3 is 0 Å². The van der Waals surface area contributed by atoms with Gasteiger partial charge in [-0.25, -0.2) is 0 Å². The maximum absolute atomic E-state index is 3.54. The van der Waals surface area contributed by atoms with E-state index in [9.17, 15) is 0 Å². The van der Waals surface area contributed by atoms with Crippen LogP contribution < -0.4 is 5.32 Å². The molecule has 0 aromatic carbocycles. The first-order valence-corrected chi connectivity index (χ1v) is 6.38. The molecule has 0 radical (unpaired) electrons. The predicted octanol–water partition coefficient (Wildman–Crippen LogP) is 1.47. The van der Waals surface area contributed by atoms with Gasteiger partial charge in [0.05, 0.1) is 0 Å². The largest absolute Gasteiger partial charge is 0.315 e. The number of likely N-dealkylation sites (tertiary alicyclic amines) is 1. The summed E-state index contributed by atoms with van der Waals surface area (Å²) in [5.74, 6) is 2.02. The molecule has 2 aliphatic heterocycles. The van der Waals surface area contributed by atoms with Gasteiger partial charge in [-0.15, -0.1) is 0 Å². The molecule has 2 saturated heterocycles. The van der Waals surface area contributed by atoms with Gasteiger partial charge < -0.3 is 5.32 Å². The topological polar surface area (TPSA) is 15.3 Å². The van der Waals surface area contributed by atoms with Crippen molar-refractivity contribution in [2.24, 2.45) is 11.8 Å². The summed E-state index contributed by atoms with van der Waals surface area (Å²) in [5, 5.41) is 3.54. The highest BCUT2D eigenvalue weighted by atomic mass is 15.2. The zero-order valence-corrected chi connectivity index (χ0v) is 9.04. The minimum Gasteiger partial charge on any atom is -0.315 e. The first-order valence-electron chi connectivity index (χ1n) is 6.38. The number of rotatable bonds is 2. The van der Waals surface area contributed by atoms with E-state index in [4.69, 9.17) is 0 Å². The van der Waals surface area contributed by atoms with Crippen LogP contribution in [0.25, 0.3) is 0 Å². The molecule has 3 rings (SSSR count). The average Bonchev–Trinajstić information content (AvgIpc) is 2.85. The summed E-state index contributed by atoms with van der Waals surface area (Å²) >= 11 is 0. The molecule has 0 amide bonds. The molecule has 1 saturated carbocycles. The Labute approximate surface area is 87.0 Å². The summed E-state index contributed by atoms with van der Waals surface area (Å²) in [7, 11) is 0. The lowest BCUT2D eigenvalue weighted by molar-refractivity contribution is 0.214. The second-order valence-electron chi connectivity index (χ2n) is 5.42. The van der Waals surface area contributed by atoms with E-state index in [1.807, 2.05) is 0 Å². The molecule has 0 bridgehead atoms. The average molecular weight is 194 g/mol. The molecular weight excluding hydrogens is 172 g/mol. The molecule has 14 heavy (non-hydrogen) atoms. The third kappa shape index (κ3) is 1.59. The summed E-state index contributed by atoms with van der Waals surface area (Å²) in [5.41, 5.74) is 0. The van der Waals surface area contributed by atoms with Crippen molar-refractivity contribution in [3.8, 4) is 0 Å². The van der Waals surface area contributed by atoms with Gasteiger partial charge in [-0.05, 0) is 44.2 Å². The quantitative estimate of drug-likeness (QED) is 0.716. The van der Waals surface area contributed by atoms with Crippen LogP contribution >= 0.6 is 0 Å². The Bertz CT molecular complexity index is 198. The highest BCUT2D eigenvalue weighted by Crippen LogP contribution is 2.31. The Balaban J connectivity index is 1.57. The van der Waals surface area contributed by atoms with Crippen molar-refractivity contribution in [2.45, 2.75) is 38.1 Å². The molecule has 80 valence electrons. The van der Waals surface area contributed by atoms with E-state index in [-0.39, 0.29) is 0 Å². The van der Waals surface area contributed by atoms with Gasteiger partial charge in [-0.1, -0.05) is 12.8 Å². The van der Waals surface area contributed by atoms with Gasteiger partial charge in [0, 0.05) is 19.1 Å². The molecule has 0 spiro atoms. The molecule has 0 aromatic heterocycles. The van der Waals surface area contributed by atoms with Crippen molar-refractivity contribution in [3.63, 3.8) is 0 Å². The Morgan fingerprint density at radius 2 is 1.93 bits per heavy atom. The smallest absolute Gasteiger partial charge is 0.0261 e. The van der Waals surface area contributed by atoms with E-state index in [0.29, 0.717) is 0 Å². The van der Waals surface area contributed by atoms with Crippen LogP contribution in [0.2, 0.25) is 0 Å². The van der Waals surface area contributed by atoms with Gasteiger partial charge in [-0.3, -0.25) is 4.90 Å². The van der Waals surface area contributed by atoms with E-state index < -0.39 is 0 Å². The highest BCUT2D eigenvalue weighted by Gasteiger charge is 2.38. The third-order valence-corrected chi connectivity index (χ3v) is 4.53. The Hall–Kier alpha value is -0.0800. The van der Waals surface area contributed by atoms with Crippen LogP contribution in [0.1, 0.15) is 32.1 Å². The normalized spacial score (nSPS) is 39.4. The van der Waals surface area contributed by atoms with E-state index >= 15 is 0 Å². The predicted molar refractivity (Wildman–Crippen MR) is 58.3 cm³/mol. The zero-order chi connectivity index (χ0) is 9.38. The fourth-order valence-corrected chi connectivity index (χ4v) is 3.69. The van der Waals surface area contributed by atoms with Crippen molar-refractivity contribution in [1.82, 2.24) is 10.2 Å². The standard InChI is InChI=1S/C12H22N2/c1-2-4-10(3-1)9-14-6-5-11-7-13-8-12(11)14/h10-13H,1-9H2/t11-,12+/m1/s1. The van der Waals surface area contributed by atoms with Gasteiger partial charge in [0.15, 0.2) is 0 Å². The first-order chi connectivity index (χ1) is 6.93. The Morgan fingerprint density at radius 3 is 2.79 bits per heavy atom. The number of hydrogen-bond donors (Lipinski definition) is 1. The summed E-state index contributed by atoms with van der Waals surface area (Å²) in [6, 6.07) is 0.899. The molecule has 2 heteroatoms. The zero-order valence-electron chi connectivity index (χ0n) is 9.04. The monoisotopic (exact) mass is 194 g/mol. The lowest BCUT2D eigenvalue weighted by atomic mass is 10.0. The maximum Gasteiger partial charge on any atom is 0.0261 e. The van der Waals surface area contributed by atoms with Crippen molar-refractivity contribution in [3.05, 3.63) is 0 Å². The summed E-state index contributed by atoms with van der Waals surface area (Å²) < 4.78 is 0. The van der Waals surface area contributed by atoms with E-state index in [2.05, 4.69) is 10.2 Å². The molecule has 2 nitrogen and oxygen atoms in total. The molecular formula is C12H22N2. The maximum atomic E-state index is 3.54. The van der Waals surface area contributed by atoms with Crippen LogP contribution in [0, 0.1) is 11.8 Å². The van der Waals surface area contributed by atoms with E-state index in [1.165, 1.54) is 58.3 Å². The molecule has 0 unspecified atom stereocenters. The second-order valence-corrected chi connectivity index (χ2v) is 5.42. The van der Waals surface area contributed by atoms with Crippen LogP contribution in [0.4, 0.5) is 0 Å². The molecule has 2 atom stereocenters. The van der Waals surface area contributed by atoms with Crippen LogP contribution in [0.15, 0.2) is 0 Å². The van der Waals surface area contributed by atoms with Crippen molar-refractivity contribution < 1.29 is 0 Å². The van der Waals surface area contributed by atoms with Crippen molar-refractivity contribution >= 4 is 0 Å². The van der Waals surface area contributed by atoms with Gasteiger partial charge in [0.1, 0.15) is 0 Å². The Kier molecular flexibility index (Phi) is 2.50. The number of nitrogens with one attached hydrogen (secondary N) is 1. The van der Waals surface area contributed by atoms with E-state index in [1.54, 1.807) is 0 Å². The third-order valence-electron chi connectivity index (χ3n) is 4.53. The lowest BCUT2D eigenvalue weighted by Gasteiger charge is -2.26. The second kappa shape index (κ2) is 3.82. The van der Waals surface area contributed by atoms with Crippen LogP contribution in [0.3, 0.4) is 0 Å². The molecule has 3 fully saturated rings. The van der Waals surface area contributed by atoms with Gasteiger partial charge in [0.2, 0.25) is 0 Å². The first kappa shape index (κ1) is 9.17. The lowest BCUT2D eigenvalue weighted by Crippen LogP contribution is -2.37. The fourth-order valence-electron chi connectivity index (χ4n) is 3.69. The molecule has 3 aliphatic rings. The molecule has 0 aromatic rings. The summed E-state index contributed by atoms with van der Waals surface area (Å²) in [4.78, 5) is 2.78. The Morgan fingerprint density at radius 1 is 1.07 bits per heavy atom. The summed E-state index contributed by atoms with van der Waals surface area (Å²) in [6.07, 6.45) is 7.43. The molecule has 1 aliphatic carbocycles. The number of nitrogens with zero attached hydrogens (tertiary/aromatic N) is 1. The van der Waals surface area contributed by atoms with Gasteiger partial charge in [-0.2, -0.15) is 0 Å². The SMILES string of the molecule is C1CCC(CN2CC[C@@H]3CNC[C@@H]32)C1. The van der Waals surface area contributed by atoms with Crippen molar-refractivity contribution in [2.75, 3.05) is 26.2 Å². The van der Waals surface area contributed by atoms with Crippen LogP contribution in [-0.2, 0) is 0 Å². The number of hydrogen-bond acceptors (Lipinski definition) is 2. The van der Waals surface area contributed by atoms with E-state index in [0.717, 1.165) is 17.9 Å². The summed E-state index contributed by atoms with van der Waals surface area (Å²) in [6.45, 7) is 5.33. The van der Waals surface area contributed by atoms with Gasteiger partial charge in [0.25, 0.3) is 0 Å². The molecule has 1 N–H and O–H groups in total. The van der Waals surface area contributed by atoms with Crippen molar-refractivity contribution in [1.29, 1.82) is 0 Å². The van der Waals surface area contributed by atoms with Crippen LogP contribution in [-0.4, -0.2) is 37.1 Å². The molecule has 2 heterocycles. The fraction of sp³-hybridized carbons (Fsp3) is 1.00.